The lowest BCUT2D eigenvalue weighted by Gasteiger charge is -2.42. The number of nitrogens with two attached hydrogens (primary N) is 1. The Balaban J connectivity index is 1.36. The van der Waals surface area contributed by atoms with Gasteiger partial charge in [-0.3, -0.25) is 9.47 Å². The summed E-state index contributed by atoms with van der Waals surface area (Å²) in [5.41, 5.74) is 7.94. The summed E-state index contributed by atoms with van der Waals surface area (Å²) >= 11 is 0. The van der Waals surface area contributed by atoms with Crippen LogP contribution in [0.15, 0.2) is 59.4 Å². The third-order valence-corrected chi connectivity index (χ3v) is 6.67. The fourth-order valence-electron chi connectivity index (χ4n) is 5.01. The van der Waals surface area contributed by atoms with Crippen molar-refractivity contribution >= 4 is 16.7 Å². The first kappa shape index (κ1) is 18.3. The number of aromatic nitrogens is 2. The fourth-order valence-corrected chi connectivity index (χ4v) is 5.01. The lowest BCUT2D eigenvalue weighted by atomic mass is 9.78. The molecule has 0 aliphatic carbocycles. The minimum Gasteiger partial charge on any atom is -0.362 e. The van der Waals surface area contributed by atoms with Crippen molar-refractivity contribution in [2.24, 2.45) is 11.7 Å². The predicted molar refractivity (Wildman–Crippen MR) is 116 cm³/mol. The molecule has 3 heterocycles. The highest BCUT2D eigenvalue weighted by Crippen LogP contribution is 2.38. The van der Waals surface area contributed by atoms with E-state index in [0.29, 0.717) is 19.0 Å². The average Bonchev–Trinajstić information content (AvgIpc) is 3.17. The van der Waals surface area contributed by atoms with Crippen LogP contribution in [0.3, 0.4) is 0 Å². The Morgan fingerprint density at radius 3 is 2.55 bits per heavy atom. The molecule has 1 fully saturated rings. The Kier molecular flexibility index (Phi) is 4.60. The van der Waals surface area contributed by atoms with Gasteiger partial charge in [0.15, 0.2) is 0 Å². The van der Waals surface area contributed by atoms with Crippen LogP contribution in [-0.2, 0) is 13.1 Å². The van der Waals surface area contributed by atoms with Crippen molar-refractivity contribution in [2.45, 2.75) is 31.5 Å². The second-order valence-electron chi connectivity index (χ2n) is 8.37. The van der Waals surface area contributed by atoms with E-state index in [9.17, 15) is 4.79 Å². The zero-order chi connectivity index (χ0) is 19.8. The summed E-state index contributed by atoms with van der Waals surface area (Å²) in [7, 11) is 0. The molecule has 0 saturated carbocycles. The topological polar surface area (TPSA) is 76.2 Å². The lowest BCUT2D eigenvalue weighted by Crippen LogP contribution is -2.54. The highest BCUT2D eigenvalue weighted by molar-refractivity contribution is 5.90. The van der Waals surface area contributed by atoms with Crippen LogP contribution in [-0.4, -0.2) is 39.6 Å². The number of piperidine rings is 1. The lowest BCUT2D eigenvalue weighted by molar-refractivity contribution is 0.132. The summed E-state index contributed by atoms with van der Waals surface area (Å²) in [6, 6.07) is 18.5. The van der Waals surface area contributed by atoms with E-state index in [1.54, 1.807) is 4.57 Å². The maximum Gasteiger partial charge on any atom is 0.349 e. The minimum atomic E-state index is -0.281. The number of fused-ring (bicyclic) bond motifs is 3. The zero-order valence-corrected chi connectivity index (χ0v) is 16.6. The maximum absolute atomic E-state index is 12.6. The first-order valence-electron chi connectivity index (χ1n) is 10.4. The van der Waals surface area contributed by atoms with Crippen molar-refractivity contribution in [1.82, 2.24) is 14.5 Å². The highest BCUT2D eigenvalue weighted by Gasteiger charge is 2.44. The first-order chi connectivity index (χ1) is 14.2. The highest BCUT2D eigenvalue weighted by atomic mass is 16.1. The van der Waals surface area contributed by atoms with Gasteiger partial charge in [-0.15, -0.1) is 0 Å². The van der Waals surface area contributed by atoms with Gasteiger partial charge in [-0.1, -0.05) is 42.5 Å². The largest absolute Gasteiger partial charge is 0.362 e. The Morgan fingerprint density at radius 2 is 1.79 bits per heavy atom. The van der Waals surface area contributed by atoms with Crippen molar-refractivity contribution in [3.63, 3.8) is 0 Å². The molecule has 6 heteroatoms. The van der Waals surface area contributed by atoms with Crippen LogP contribution in [0.5, 0.6) is 0 Å². The van der Waals surface area contributed by atoms with Gasteiger partial charge in [-0.25, -0.2) is 4.79 Å². The predicted octanol–water partition coefficient (Wildman–Crippen LogP) is 2.43. The first-order valence-corrected chi connectivity index (χ1v) is 10.4. The molecule has 3 N–H and O–H groups in total. The Hall–Kier alpha value is -2.70. The molecular weight excluding hydrogens is 362 g/mol. The smallest absolute Gasteiger partial charge is 0.349 e. The van der Waals surface area contributed by atoms with E-state index in [4.69, 9.17) is 5.73 Å². The summed E-state index contributed by atoms with van der Waals surface area (Å²) in [4.78, 5) is 19.4. The van der Waals surface area contributed by atoms with Gasteiger partial charge >= 0.3 is 5.69 Å². The maximum atomic E-state index is 12.6. The number of anilines is 1. The van der Waals surface area contributed by atoms with E-state index in [1.165, 1.54) is 5.56 Å². The molecule has 1 unspecified atom stereocenters. The van der Waals surface area contributed by atoms with Gasteiger partial charge in [0, 0.05) is 18.5 Å². The molecule has 0 amide bonds. The monoisotopic (exact) mass is 389 g/mol. The van der Waals surface area contributed by atoms with Crippen molar-refractivity contribution in [3.05, 3.63) is 70.6 Å². The summed E-state index contributed by atoms with van der Waals surface area (Å²) < 4.78 is 1.78. The standard InChI is InChI=1S/C23H27N5O/c24-15-23(18-10-12-27(13-11-18)14-17-6-2-1-3-7-17)16-28-21(26-23)19-8-4-5-9-20(19)25-22(28)29/h1-9,18,26H,10-16,24H2. The summed E-state index contributed by atoms with van der Waals surface area (Å²) in [6.07, 6.45) is 2.15. The molecule has 2 aliphatic heterocycles. The van der Waals surface area contributed by atoms with Gasteiger partial charge in [0.2, 0.25) is 0 Å². The normalized spacial score (nSPS) is 22.5. The SMILES string of the molecule is NCC1(C2CCN(Cc3ccccc3)CC2)Cn2c(c3ccccc3nc2=O)N1. The zero-order valence-electron chi connectivity index (χ0n) is 16.6. The van der Waals surface area contributed by atoms with E-state index < -0.39 is 0 Å². The number of likely N-dealkylation sites (tertiary alicyclic amines) is 1. The summed E-state index contributed by atoms with van der Waals surface area (Å²) in [6.45, 7) is 4.19. The third-order valence-electron chi connectivity index (χ3n) is 6.67. The third kappa shape index (κ3) is 3.22. The van der Waals surface area contributed by atoms with Gasteiger partial charge in [0.05, 0.1) is 17.6 Å². The Labute approximate surface area is 170 Å². The number of para-hydroxylation sites is 1. The quantitative estimate of drug-likeness (QED) is 0.717. The Morgan fingerprint density at radius 1 is 1.07 bits per heavy atom. The van der Waals surface area contributed by atoms with Crippen LogP contribution in [0.2, 0.25) is 0 Å². The number of hydrogen-bond acceptors (Lipinski definition) is 5. The van der Waals surface area contributed by atoms with Gasteiger partial charge in [-0.05, 0) is 49.5 Å². The number of nitrogens with zero attached hydrogens (tertiary/aromatic N) is 3. The van der Waals surface area contributed by atoms with E-state index in [2.05, 4.69) is 45.5 Å². The van der Waals surface area contributed by atoms with Crippen molar-refractivity contribution in [3.8, 4) is 0 Å². The van der Waals surface area contributed by atoms with Crippen molar-refractivity contribution in [2.75, 3.05) is 25.0 Å². The van der Waals surface area contributed by atoms with E-state index >= 15 is 0 Å². The van der Waals surface area contributed by atoms with E-state index in [0.717, 1.165) is 49.2 Å². The average molecular weight is 390 g/mol. The number of benzene rings is 2. The molecule has 29 heavy (non-hydrogen) atoms. The molecule has 0 spiro atoms. The number of hydrogen-bond donors (Lipinski definition) is 2. The van der Waals surface area contributed by atoms with Gasteiger partial charge in [0.1, 0.15) is 5.82 Å². The Bertz CT molecular complexity index is 1070. The molecule has 5 rings (SSSR count). The van der Waals surface area contributed by atoms with Crippen LogP contribution >= 0.6 is 0 Å². The molecule has 0 radical (unpaired) electrons. The number of rotatable bonds is 4. The molecule has 2 aromatic carbocycles. The summed E-state index contributed by atoms with van der Waals surface area (Å²) in [5.74, 6) is 1.30. The number of nitrogens with one attached hydrogen (secondary N) is 1. The van der Waals surface area contributed by atoms with Crippen LogP contribution < -0.4 is 16.7 Å². The second-order valence-corrected chi connectivity index (χ2v) is 8.37. The van der Waals surface area contributed by atoms with E-state index in [1.807, 2.05) is 24.3 Å². The molecular formula is C23H27N5O. The molecule has 6 nitrogen and oxygen atoms in total. The summed E-state index contributed by atoms with van der Waals surface area (Å²) in [5, 5.41) is 4.68. The minimum absolute atomic E-state index is 0.192. The molecule has 1 aromatic heterocycles. The van der Waals surface area contributed by atoms with Gasteiger partial charge < -0.3 is 11.1 Å². The van der Waals surface area contributed by atoms with Crippen molar-refractivity contribution in [1.29, 1.82) is 0 Å². The van der Waals surface area contributed by atoms with Crippen LogP contribution in [0, 0.1) is 5.92 Å². The molecule has 0 bridgehead atoms. The van der Waals surface area contributed by atoms with Crippen LogP contribution in [0.1, 0.15) is 18.4 Å². The van der Waals surface area contributed by atoms with Crippen LogP contribution in [0.4, 0.5) is 5.82 Å². The van der Waals surface area contributed by atoms with Crippen LogP contribution in [0.25, 0.3) is 10.9 Å². The van der Waals surface area contributed by atoms with Gasteiger partial charge in [-0.2, -0.15) is 4.98 Å². The van der Waals surface area contributed by atoms with Gasteiger partial charge in [0.25, 0.3) is 0 Å². The van der Waals surface area contributed by atoms with E-state index in [-0.39, 0.29) is 11.2 Å². The second kappa shape index (κ2) is 7.28. The molecule has 1 atom stereocenters. The molecule has 150 valence electrons. The molecule has 1 saturated heterocycles. The fraction of sp³-hybridized carbons (Fsp3) is 0.391. The molecule has 2 aliphatic rings. The van der Waals surface area contributed by atoms with Crippen molar-refractivity contribution < 1.29 is 0 Å². The molecule has 3 aromatic rings.